The Morgan fingerprint density at radius 1 is 1.23 bits per heavy atom. The van der Waals surface area contributed by atoms with Crippen molar-refractivity contribution in [3.63, 3.8) is 0 Å². The molecule has 0 radical (unpaired) electrons. The normalized spacial score (nSPS) is 25.3. The van der Waals surface area contributed by atoms with Gasteiger partial charge >= 0.3 is 0 Å². The Bertz CT molecular complexity index is 800. The van der Waals surface area contributed by atoms with Gasteiger partial charge in [0.05, 0.1) is 26.4 Å². The van der Waals surface area contributed by atoms with Crippen LogP contribution in [-0.2, 0) is 16.9 Å². The fourth-order valence-electron chi connectivity index (χ4n) is 4.09. The Labute approximate surface area is 162 Å². The second kappa shape index (κ2) is 7.19. The Morgan fingerprint density at radius 2 is 2.12 bits per heavy atom. The van der Waals surface area contributed by atoms with Gasteiger partial charge < -0.3 is 14.3 Å². The van der Waals surface area contributed by atoms with Crippen LogP contribution in [0.15, 0.2) is 46.9 Å². The number of fused-ring (bicyclic) bond motifs is 1. The highest BCUT2D eigenvalue weighted by molar-refractivity contribution is 9.10. The van der Waals surface area contributed by atoms with Gasteiger partial charge in [-0.25, -0.2) is 0 Å². The fraction of sp³-hybridized carbons (Fsp3) is 0.400. The number of halogens is 1. The Hall–Kier alpha value is -1.60. The van der Waals surface area contributed by atoms with Crippen LogP contribution in [0.5, 0.6) is 11.5 Å². The average molecular weight is 419 g/mol. The van der Waals surface area contributed by atoms with E-state index in [9.17, 15) is 0 Å². The predicted molar refractivity (Wildman–Crippen MR) is 103 cm³/mol. The number of methoxy groups -OCH3 is 2. The highest BCUT2D eigenvalue weighted by Crippen LogP contribution is 2.42. The van der Waals surface area contributed by atoms with Crippen molar-refractivity contribution in [1.29, 1.82) is 0 Å². The van der Waals surface area contributed by atoms with Gasteiger partial charge in [0.15, 0.2) is 0 Å². The molecule has 2 heterocycles. The maximum Gasteiger partial charge on any atom is 0.127 e. The zero-order valence-corrected chi connectivity index (χ0v) is 16.6. The Morgan fingerprint density at radius 3 is 2.88 bits per heavy atom. The summed E-state index contributed by atoms with van der Waals surface area (Å²) in [6.45, 7) is 3.43. The summed E-state index contributed by atoms with van der Waals surface area (Å²) in [5, 5.41) is 0. The molecule has 2 aromatic rings. The van der Waals surface area contributed by atoms with Crippen LogP contribution in [0.4, 0.5) is 0 Å². The van der Waals surface area contributed by atoms with Crippen molar-refractivity contribution < 1.29 is 14.3 Å². The summed E-state index contributed by atoms with van der Waals surface area (Å²) in [7, 11) is 3.37. The van der Waals surface area contributed by atoms with Crippen molar-refractivity contribution in [1.82, 2.24) is 10.4 Å². The van der Waals surface area contributed by atoms with Gasteiger partial charge in [0.1, 0.15) is 11.5 Å². The van der Waals surface area contributed by atoms with Gasteiger partial charge in [-0.1, -0.05) is 34.1 Å². The highest BCUT2D eigenvalue weighted by Gasteiger charge is 2.52. The standard InChI is InChI=1S/C20H23BrN2O3/c1-24-18-7-6-14(19(9-18)25-2)10-23-11-16-12-26-22-20(16,13-23)15-4-3-5-17(21)8-15/h3-9,16,22H,10-13H2,1-2H3/t16-,20+/m1/s1. The number of rotatable bonds is 5. The zero-order valence-electron chi connectivity index (χ0n) is 15.0. The smallest absolute Gasteiger partial charge is 0.127 e. The third kappa shape index (κ3) is 3.11. The van der Waals surface area contributed by atoms with Crippen molar-refractivity contribution in [2.24, 2.45) is 5.92 Å². The third-order valence-corrected chi connectivity index (χ3v) is 5.91. The monoisotopic (exact) mass is 418 g/mol. The highest BCUT2D eigenvalue weighted by atomic mass is 79.9. The van der Waals surface area contributed by atoms with Gasteiger partial charge in [-0.15, -0.1) is 0 Å². The number of benzene rings is 2. The molecule has 1 N–H and O–H groups in total. The molecule has 0 aromatic heterocycles. The summed E-state index contributed by atoms with van der Waals surface area (Å²) in [5.74, 6) is 2.09. The lowest BCUT2D eigenvalue weighted by Gasteiger charge is -2.28. The molecule has 2 atom stereocenters. The molecular weight excluding hydrogens is 396 g/mol. The Balaban J connectivity index is 1.58. The topological polar surface area (TPSA) is 43.0 Å². The average Bonchev–Trinajstić information content (AvgIpc) is 3.20. The van der Waals surface area contributed by atoms with E-state index >= 15 is 0 Å². The summed E-state index contributed by atoms with van der Waals surface area (Å²) in [4.78, 5) is 8.11. The predicted octanol–water partition coefficient (Wildman–Crippen LogP) is 3.33. The van der Waals surface area contributed by atoms with Crippen LogP contribution < -0.4 is 15.0 Å². The molecule has 5 nitrogen and oxygen atoms in total. The van der Waals surface area contributed by atoms with Gasteiger partial charge in [0, 0.05) is 41.7 Å². The molecule has 2 aliphatic rings. The molecule has 2 aliphatic heterocycles. The third-order valence-electron chi connectivity index (χ3n) is 5.42. The van der Waals surface area contributed by atoms with Crippen LogP contribution in [0.3, 0.4) is 0 Å². The second-order valence-electron chi connectivity index (χ2n) is 6.94. The van der Waals surface area contributed by atoms with Crippen LogP contribution in [-0.4, -0.2) is 38.8 Å². The lowest BCUT2D eigenvalue weighted by atomic mass is 9.83. The molecule has 0 unspecified atom stereocenters. The van der Waals surface area contributed by atoms with Gasteiger partial charge in [-0.05, 0) is 23.8 Å². The van der Waals surface area contributed by atoms with Gasteiger partial charge in [0.25, 0.3) is 0 Å². The molecule has 0 bridgehead atoms. The first-order valence-electron chi connectivity index (χ1n) is 8.73. The number of hydrogen-bond acceptors (Lipinski definition) is 5. The fourth-order valence-corrected chi connectivity index (χ4v) is 4.49. The van der Waals surface area contributed by atoms with Crippen LogP contribution in [0.25, 0.3) is 0 Å². The van der Waals surface area contributed by atoms with Gasteiger partial charge in [-0.3, -0.25) is 4.90 Å². The van der Waals surface area contributed by atoms with E-state index in [4.69, 9.17) is 14.3 Å². The quantitative estimate of drug-likeness (QED) is 0.806. The van der Waals surface area contributed by atoms with E-state index in [1.807, 2.05) is 12.1 Å². The maximum atomic E-state index is 5.65. The van der Waals surface area contributed by atoms with Crippen molar-refractivity contribution in [3.05, 3.63) is 58.1 Å². The Kier molecular flexibility index (Phi) is 4.92. The molecule has 2 saturated heterocycles. The minimum Gasteiger partial charge on any atom is -0.497 e. The van der Waals surface area contributed by atoms with E-state index in [-0.39, 0.29) is 5.54 Å². The first-order chi connectivity index (χ1) is 12.6. The number of likely N-dealkylation sites (tertiary alicyclic amines) is 1. The number of hydrogen-bond donors (Lipinski definition) is 1. The first-order valence-corrected chi connectivity index (χ1v) is 9.52. The van der Waals surface area contributed by atoms with Crippen molar-refractivity contribution >= 4 is 15.9 Å². The molecule has 26 heavy (non-hydrogen) atoms. The second-order valence-corrected chi connectivity index (χ2v) is 7.85. The molecule has 6 heteroatoms. The van der Waals surface area contributed by atoms with Crippen LogP contribution in [0.2, 0.25) is 0 Å². The lowest BCUT2D eigenvalue weighted by Crippen LogP contribution is -2.43. The summed E-state index contributed by atoms with van der Waals surface area (Å²) >= 11 is 3.59. The first kappa shape index (κ1) is 17.8. The van der Waals surface area contributed by atoms with Gasteiger partial charge in [0.2, 0.25) is 0 Å². The van der Waals surface area contributed by atoms with E-state index in [0.717, 1.165) is 42.2 Å². The number of hydroxylamine groups is 1. The van der Waals surface area contributed by atoms with Crippen LogP contribution in [0.1, 0.15) is 11.1 Å². The molecule has 2 fully saturated rings. The molecule has 0 amide bonds. The van der Waals surface area contributed by atoms with E-state index in [1.165, 1.54) is 11.1 Å². The van der Waals surface area contributed by atoms with Crippen molar-refractivity contribution in [2.75, 3.05) is 33.9 Å². The van der Waals surface area contributed by atoms with E-state index in [0.29, 0.717) is 5.92 Å². The molecule has 0 spiro atoms. The van der Waals surface area contributed by atoms with Crippen molar-refractivity contribution in [2.45, 2.75) is 12.1 Å². The van der Waals surface area contributed by atoms with E-state index in [2.05, 4.69) is 56.6 Å². The van der Waals surface area contributed by atoms with Crippen LogP contribution in [0, 0.1) is 5.92 Å². The lowest BCUT2D eigenvalue weighted by molar-refractivity contribution is 0.0467. The molecule has 0 saturated carbocycles. The van der Waals surface area contributed by atoms with E-state index in [1.54, 1.807) is 14.2 Å². The molecule has 0 aliphatic carbocycles. The van der Waals surface area contributed by atoms with Crippen molar-refractivity contribution in [3.8, 4) is 11.5 Å². The van der Waals surface area contributed by atoms with Crippen LogP contribution >= 0.6 is 15.9 Å². The molecule has 4 rings (SSSR count). The number of ether oxygens (including phenoxy) is 2. The minimum atomic E-state index is -0.163. The van der Waals surface area contributed by atoms with Gasteiger partial charge in [-0.2, -0.15) is 5.48 Å². The molecule has 138 valence electrons. The maximum absolute atomic E-state index is 5.65. The number of nitrogens with one attached hydrogen (secondary N) is 1. The summed E-state index contributed by atoms with van der Waals surface area (Å²) in [6.07, 6.45) is 0. The number of nitrogens with zero attached hydrogens (tertiary/aromatic N) is 1. The SMILES string of the molecule is COc1ccc(CN2C[C@@H]3CON[C@]3(c3cccc(Br)c3)C2)c(OC)c1. The molecule has 2 aromatic carbocycles. The summed E-state index contributed by atoms with van der Waals surface area (Å²) in [6, 6.07) is 14.5. The zero-order chi connectivity index (χ0) is 18.1. The molecular formula is C20H23BrN2O3. The largest absolute Gasteiger partial charge is 0.497 e. The minimum absolute atomic E-state index is 0.163. The summed E-state index contributed by atoms with van der Waals surface area (Å²) < 4.78 is 12.0. The van der Waals surface area contributed by atoms with E-state index < -0.39 is 0 Å². The summed E-state index contributed by atoms with van der Waals surface area (Å²) in [5.41, 5.74) is 5.59.